The van der Waals surface area contributed by atoms with Crippen molar-refractivity contribution in [2.75, 3.05) is 13.2 Å². The molecule has 1 heterocycles. The lowest BCUT2D eigenvalue weighted by Crippen LogP contribution is -2.30. The third-order valence-corrected chi connectivity index (χ3v) is 3.22. The van der Waals surface area contributed by atoms with Crippen molar-refractivity contribution in [2.45, 2.75) is 46.2 Å². The molecule has 0 atom stereocenters. The van der Waals surface area contributed by atoms with Gasteiger partial charge in [0.05, 0.1) is 5.69 Å². The first-order valence-corrected chi connectivity index (χ1v) is 7.64. The van der Waals surface area contributed by atoms with Gasteiger partial charge in [0.1, 0.15) is 5.75 Å². The van der Waals surface area contributed by atoms with E-state index in [2.05, 4.69) is 29.5 Å². The fourth-order valence-electron chi connectivity index (χ4n) is 1.98. The SMILES string of the molecule is Cc1ccc(OCC(=O)NC2CC2)c(CNCC(C)C)n1. The number of nitrogens with zero attached hydrogens (tertiary/aromatic N) is 1. The number of carbonyl (C=O) groups excluding carboxylic acids is 1. The van der Waals surface area contributed by atoms with Gasteiger partial charge in [-0.1, -0.05) is 13.8 Å². The molecule has 1 aromatic rings. The van der Waals surface area contributed by atoms with Crippen LogP contribution in [0.5, 0.6) is 5.75 Å². The van der Waals surface area contributed by atoms with E-state index in [4.69, 9.17) is 4.74 Å². The third-order valence-electron chi connectivity index (χ3n) is 3.22. The molecule has 1 aliphatic carbocycles. The van der Waals surface area contributed by atoms with E-state index in [9.17, 15) is 4.79 Å². The minimum atomic E-state index is -0.0563. The summed E-state index contributed by atoms with van der Waals surface area (Å²) in [5.41, 5.74) is 1.81. The molecule has 0 aromatic carbocycles. The molecule has 5 nitrogen and oxygen atoms in total. The molecule has 0 radical (unpaired) electrons. The zero-order valence-corrected chi connectivity index (χ0v) is 13.1. The van der Waals surface area contributed by atoms with Crippen LogP contribution in [0, 0.1) is 12.8 Å². The van der Waals surface area contributed by atoms with Crippen molar-refractivity contribution in [3.05, 3.63) is 23.5 Å². The molecule has 1 saturated carbocycles. The molecule has 0 spiro atoms. The molecule has 0 saturated heterocycles. The van der Waals surface area contributed by atoms with Crippen LogP contribution >= 0.6 is 0 Å². The van der Waals surface area contributed by atoms with Crippen molar-refractivity contribution >= 4 is 5.91 Å². The summed E-state index contributed by atoms with van der Waals surface area (Å²) < 4.78 is 5.63. The van der Waals surface area contributed by atoms with Crippen LogP contribution < -0.4 is 15.4 Å². The molecule has 2 N–H and O–H groups in total. The molecule has 1 amide bonds. The number of hydrogen-bond acceptors (Lipinski definition) is 4. The molecule has 0 bridgehead atoms. The maximum atomic E-state index is 11.7. The van der Waals surface area contributed by atoms with Crippen LogP contribution in [-0.4, -0.2) is 30.1 Å². The first-order valence-electron chi connectivity index (χ1n) is 7.64. The van der Waals surface area contributed by atoms with E-state index in [1.54, 1.807) is 0 Å². The topological polar surface area (TPSA) is 63.2 Å². The van der Waals surface area contributed by atoms with Gasteiger partial charge in [0.15, 0.2) is 6.61 Å². The van der Waals surface area contributed by atoms with E-state index in [-0.39, 0.29) is 12.5 Å². The molecule has 21 heavy (non-hydrogen) atoms. The lowest BCUT2D eigenvalue weighted by molar-refractivity contribution is -0.123. The predicted octanol–water partition coefficient (Wildman–Crippen LogP) is 1.79. The maximum Gasteiger partial charge on any atom is 0.258 e. The van der Waals surface area contributed by atoms with E-state index in [0.29, 0.717) is 24.3 Å². The Balaban J connectivity index is 1.88. The van der Waals surface area contributed by atoms with Gasteiger partial charge in [-0.25, -0.2) is 0 Å². The predicted molar refractivity (Wildman–Crippen MR) is 82.2 cm³/mol. The Morgan fingerprint density at radius 1 is 1.43 bits per heavy atom. The summed E-state index contributed by atoms with van der Waals surface area (Å²) >= 11 is 0. The number of hydrogen-bond donors (Lipinski definition) is 2. The summed E-state index contributed by atoms with van der Waals surface area (Å²) in [4.78, 5) is 16.2. The summed E-state index contributed by atoms with van der Waals surface area (Å²) in [5.74, 6) is 1.21. The summed E-state index contributed by atoms with van der Waals surface area (Å²) in [6, 6.07) is 4.16. The Bertz CT molecular complexity index is 484. The van der Waals surface area contributed by atoms with Gasteiger partial charge in [-0.3, -0.25) is 9.78 Å². The second-order valence-electron chi connectivity index (χ2n) is 6.05. The lowest BCUT2D eigenvalue weighted by atomic mass is 10.2. The number of aromatic nitrogens is 1. The highest BCUT2D eigenvalue weighted by Crippen LogP contribution is 2.19. The monoisotopic (exact) mass is 291 g/mol. The van der Waals surface area contributed by atoms with Crippen LogP contribution in [0.2, 0.25) is 0 Å². The first kappa shape index (κ1) is 15.8. The number of ether oxygens (including phenoxy) is 1. The molecule has 0 unspecified atom stereocenters. The minimum Gasteiger partial charge on any atom is -0.482 e. The van der Waals surface area contributed by atoms with E-state index in [0.717, 1.165) is 30.8 Å². The smallest absolute Gasteiger partial charge is 0.258 e. The van der Waals surface area contributed by atoms with Gasteiger partial charge >= 0.3 is 0 Å². The normalized spacial score (nSPS) is 14.3. The van der Waals surface area contributed by atoms with Gasteiger partial charge in [0.2, 0.25) is 0 Å². The second-order valence-corrected chi connectivity index (χ2v) is 6.05. The van der Waals surface area contributed by atoms with Gasteiger partial charge in [-0.05, 0) is 44.4 Å². The highest BCUT2D eigenvalue weighted by atomic mass is 16.5. The zero-order chi connectivity index (χ0) is 15.2. The average molecular weight is 291 g/mol. The number of nitrogens with one attached hydrogen (secondary N) is 2. The van der Waals surface area contributed by atoms with E-state index in [1.165, 1.54) is 0 Å². The molecule has 5 heteroatoms. The average Bonchev–Trinajstić information content (AvgIpc) is 3.21. The van der Waals surface area contributed by atoms with Crippen molar-refractivity contribution < 1.29 is 9.53 Å². The maximum absolute atomic E-state index is 11.7. The van der Waals surface area contributed by atoms with Gasteiger partial charge < -0.3 is 15.4 Å². The molecule has 1 aromatic heterocycles. The van der Waals surface area contributed by atoms with Crippen molar-refractivity contribution in [3.8, 4) is 5.75 Å². The number of aryl methyl sites for hydroxylation is 1. The van der Waals surface area contributed by atoms with Gasteiger partial charge in [0.25, 0.3) is 5.91 Å². The molecule has 1 aliphatic rings. The summed E-state index contributed by atoms with van der Waals surface area (Å²) in [5, 5.41) is 6.27. The largest absolute Gasteiger partial charge is 0.482 e. The van der Waals surface area contributed by atoms with Crippen LogP contribution in [-0.2, 0) is 11.3 Å². The van der Waals surface area contributed by atoms with Crippen LogP contribution in [0.1, 0.15) is 38.1 Å². The number of pyridine rings is 1. The van der Waals surface area contributed by atoms with Crippen LogP contribution in [0.3, 0.4) is 0 Å². The van der Waals surface area contributed by atoms with Crippen molar-refractivity contribution in [1.82, 2.24) is 15.6 Å². The molecule has 1 fully saturated rings. The van der Waals surface area contributed by atoms with Gasteiger partial charge in [-0.2, -0.15) is 0 Å². The fraction of sp³-hybridized carbons (Fsp3) is 0.625. The zero-order valence-electron chi connectivity index (χ0n) is 13.1. The summed E-state index contributed by atoms with van der Waals surface area (Å²) in [6.07, 6.45) is 2.17. The van der Waals surface area contributed by atoms with Crippen LogP contribution in [0.4, 0.5) is 0 Å². The Hall–Kier alpha value is -1.62. The first-order chi connectivity index (χ1) is 10.0. The molecule has 116 valence electrons. The molecular weight excluding hydrogens is 266 g/mol. The molecule has 2 rings (SSSR count). The lowest BCUT2D eigenvalue weighted by Gasteiger charge is -2.13. The second kappa shape index (κ2) is 7.41. The van der Waals surface area contributed by atoms with E-state index >= 15 is 0 Å². The minimum absolute atomic E-state index is 0.0540. The number of rotatable bonds is 8. The van der Waals surface area contributed by atoms with E-state index < -0.39 is 0 Å². The standard InChI is InChI=1S/C16H25N3O2/c1-11(2)8-17-9-14-15(7-4-12(3)18-14)21-10-16(20)19-13-5-6-13/h4,7,11,13,17H,5-6,8-10H2,1-3H3,(H,19,20). The Morgan fingerprint density at radius 3 is 2.86 bits per heavy atom. The molecular formula is C16H25N3O2. The van der Waals surface area contributed by atoms with E-state index in [1.807, 2.05) is 19.1 Å². The number of carbonyl (C=O) groups is 1. The van der Waals surface area contributed by atoms with Crippen molar-refractivity contribution in [1.29, 1.82) is 0 Å². The molecule has 0 aliphatic heterocycles. The highest BCUT2D eigenvalue weighted by Gasteiger charge is 2.23. The Morgan fingerprint density at radius 2 is 2.19 bits per heavy atom. The van der Waals surface area contributed by atoms with Crippen LogP contribution in [0.25, 0.3) is 0 Å². The Kier molecular flexibility index (Phi) is 5.56. The highest BCUT2D eigenvalue weighted by molar-refractivity contribution is 5.78. The fourth-order valence-corrected chi connectivity index (χ4v) is 1.98. The van der Waals surface area contributed by atoms with Gasteiger partial charge in [0, 0.05) is 18.3 Å². The van der Waals surface area contributed by atoms with Crippen molar-refractivity contribution in [3.63, 3.8) is 0 Å². The number of amides is 1. The summed E-state index contributed by atoms with van der Waals surface area (Å²) in [7, 11) is 0. The summed E-state index contributed by atoms with van der Waals surface area (Å²) in [6.45, 7) is 7.91. The van der Waals surface area contributed by atoms with Crippen molar-refractivity contribution in [2.24, 2.45) is 5.92 Å². The van der Waals surface area contributed by atoms with Gasteiger partial charge in [-0.15, -0.1) is 0 Å². The Labute approximate surface area is 126 Å². The quantitative estimate of drug-likeness (QED) is 0.766. The third kappa shape index (κ3) is 5.71. The van der Waals surface area contributed by atoms with Crippen LogP contribution in [0.15, 0.2) is 12.1 Å².